The maximum absolute atomic E-state index is 12.6. The molecule has 1 fully saturated rings. The molecular formula is C19H27NO. The summed E-state index contributed by atoms with van der Waals surface area (Å²) in [5, 5.41) is 3.32. The van der Waals surface area contributed by atoms with Crippen LogP contribution in [0.15, 0.2) is 18.2 Å². The van der Waals surface area contributed by atoms with Gasteiger partial charge in [0.2, 0.25) is 0 Å². The van der Waals surface area contributed by atoms with Crippen LogP contribution in [0.2, 0.25) is 0 Å². The van der Waals surface area contributed by atoms with Crippen molar-refractivity contribution in [3.05, 3.63) is 34.9 Å². The van der Waals surface area contributed by atoms with Gasteiger partial charge in [-0.25, -0.2) is 0 Å². The Morgan fingerprint density at radius 2 is 1.76 bits per heavy atom. The van der Waals surface area contributed by atoms with Crippen molar-refractivity contribution in [2.75, 3.05) is 6.54 Å². The van der Waals surface area contributed by atoms with Crippen LogP contribution in [-0.2, 0) is 10.8 Å². The van der Waals surface area contributed by atoms with E-state index in [1.807, 2.05) is 6.07 Å². The van der Waals surface area contributed by atoms with Crippen molar-refractivity contribution in [2.24, 2.45) is 0 Å². The lowest BCUT2D eigenvalue weighted by Gasteiger charge is -2.42. The molecule has 0 bridgehead atoms. The summed E-state index contributed by atoms with van der Waals surface area (Å²) in [7, 11) is 0. The Balaban J connectivity index is 2.01. The second-order valence-electron chi connectivity index (χ2n) is 8.04. The van der Waals surface area contributed by atoms with Gasteiger partial charge in [0.05, 0.1) is 6.04 Å². The lowest BCUT2D eigenvalue weighted by atomic mass is 9.63. The molecule has 0 aromatic heterocycles. The predicted octanol–water partition coefficient (Wildman–Crippen LogP) is 3.97. The Morgan fingerprint density at radius 1 is 1.10 bits per heavy atom. The summed E-state index contributed by atoms with van der Waals surface area (Å²) in [4.78, 5) is 12.6. The zero-order valence-electron chi connectivity index (χ0n) is 13.8. The zero-order valence-corrected chi connectivity index (χ0v) is 13.8. The highest BCUT2D eigenvalue weighted by molar-refractivity contribution is 6.00. The van der Waals surface area contributed by atoms with Crippen LogP contribution in [0.25, 0.3) is 0 Å². The molecule has 1 unspecified atom stereocenters. The van der Waals surface area contributed by atoms with Crippen molar-refractivity contribution in [2.45, 2.75) is 70.3 Å². The molecule has 1 aromatic carbocycles. The third-order valence-electron chi connectivity index (χ3n) is 5.51. The average molecular weight is 285 g/mol. The highest BCUT2D eigenvalue weighted by Gasteiger charge is 2.37. The van der Waals surface area contributed by atoms with Gasteiger partial charge in [-0.1, -0.05) is 39.8 Å². The monoisotopic (exact) mass is 285 g/mol. The molecule has 1 aliphatic carbocycles. The maximum Gasteiger partial charge on any atom is 0.179 e. The Hall–Kier alpha value is -1.15. The molecular weight excluding hydrogens is 258 g/mol. The third kappa shape index (κ3) is 2.55. The van der Waals surface area contributed by atoms with Crippen LogP contribution in [-0.4, -0.2) is 18.4 Å². The molecule has 0 saturated carbocycles. The summed E-state index contributed by atoms with van der Waals surface area (Å²) in [6, 6.07) is 6.46. The van der Waals surface area contributed by atoms with Crippen LogP contribution in [0.3, 0.4) is 0 Å². The lowest BCUT2D eigenvalue weighted by Crippen LogP contribution is -2.35. The minimum Gasteiger partial charge on any atom is -0.307 e. The third-order valence-corrected chi connectivity index (χ3v) is 5.51. The molecule has 3 rings (SSSR count). The smallest absolute Gasteiger partial charge is 0.179 e. The SMILES string of the molecule is CC1(C)CCC(C)(C)c2cc(C(=O)C3CCCN3)ccc21. The molecule has 2 heteroatoms. The van der Waals surface area contributed by atoms with Crippen molar-refractivity contribution < 1.29 is 4.79 Å². The van der Waals surface area contributed by atoms with Gasteiger partial charge in [0.15, 0.2) is 5.78 Å². The molecule has 1 atom stereocenters. The molecule has 1 N–H and O–H groups in total. The highest BCUT2D eigenvalue weighted by Crippen LogP contribution is 2.45. The summed E-state index contributed by atoms with van der Waals surface area (Å²) in [5.41, 5.74) is 4.08. The number of ketones is 1. The quantitative estimate of drug-likeness (QED) is 0.833. The van der Waals surface area contributed by atoms with Crippen molar-refractivity contribution >= 4 is 5.78 Å². The first kappa shape index (κ1) is 14.8. The molecule has 0 spiro atoms. The van der Waals surface area contributed by atoms with Crippen LogP contribution < -0.4 is 5.32 Å². The van der Waals surface area contributed by atoms with Gasteiger partial charge in [0, 0.05) is 5.56 Å². The average Bonchev–Trinajstić information content (AvgIpc) is 2.97. The summed E-state index contributed by atoms with van der Waals surface area (Å²) < 4.78 is 0. The molecule has 1 saturated heterocycles. The Bertz CT molecular complexity index is 565. The largest absolute Gasteiger partial charge is 0.307 e. The first-order chi connectivity index (χ1) is 9.81. The number of fused-ring (bicyclic) bond motifs is 1. The van der Waals surface area contributed by atoms with Crippen molar-refractivity contribution in [3.63, 3.8) is 0 Å². The normalized spacial score (nSPS) is 26.4. The van der Waals surface area contributed by atoms with E-state index in [-0.39, 0.29) is 22.7 Å². The van der Waals surface area contributed by atoms with Crippen LogP contribution in [0.5, 0.6) is 0 Å². The van der Waals surface area contributed by atoms with Crippen molar-refractivity contribution in [3.8, 4) is 0 Å². The number of benzene rings is 1. The van der Waals surface area contributed by atoms with E-state index in [0.717, 1.165) is 24.9 Å². The van der Waals surface area contributed by atoms with Gasteiger partial charge in [0.25, 0.3) is 0 Å². The number of carbonyl (C=O) groups excluding carboxylic acids is 1. The highest BCUT2D eigenvalue weighted by atomic mass is 16.1. The van der Waals surface area contributed by atoms with E-state index in [1.54, 1.807) is 0 Å². The molecule has 0 amide bonds. The molecule has 2 nitrogen and oxygen atoms in total. The number of rotatable bonds is 2. The van der Waals surface area contributed by atoms with Gasteiger partial charge in [-0.05, 0) is 60.3 Å². The Morgan fingerprint density at radius 3 is 2.38 bits per heavy atom. The van der Waals surface area contributed by atoms with E-state index in [2.05, 4.69) is 45.1 Å². The lowest BCUT2D eigenvalue weighted by molar-refractivity contribution is 0.0952. The molecule has 114 valence electrons. The molecule has 21 heavy (non-hydrogen) atoms. The van der Waals surface area contributed by atoms with Gasteiger partial charge in [0.1, 0.15) is 0 Å². The summed E-state index contributed by atoms with van der Waals surface area (Å²) in [6.45, 7) is 10.2. The van der Waals surface area contributed by atoms with Crippen LogP contribution in [0, 0.1) is 0 Å². The number of hydrogen-bond acceptors (Lipinski definition) is 2. The first-order valence-electron chi connectivity index (χ1n) is 8.24. The summed E-state index contributed by atoms with van der Waals surface area (Å²) in [6.07, 6.45) is 4.49. The number of Topliss-reactive ketones (excluding diaryl/α,β-unsaturated/α-hetero) is 1. The fraction of sp³-hybridized carbons (Fsp3) is 0.632. The molecule has 0 radical (unpaired) electrons. The molecule has 1 heterocycles. The fourth-order valence-corrected chi connectivity index (χ4v) is 3.85. The van der Waals surface area contributed by atoms with E-state index >= 15 is 0 Å². The maximum atomic E-state index is 12.6. The zero-order chi connectivity index (χ0) is 15.3. The predicted molar refractivity (Wildman–Crippen MR) is 87.1 cm³/mol. The Labute approximate surface area is 128 Å². The fourth-order valence-electron chi connectivity index (χ4n) is 3.85. The summed E-state index contributed by atoms with van der Waals surface area (Å²) in [5.74, 6) is 0.273. The van der Waals surface area contributed by atoms with Gasteiger partial charge >= 0.3 is 0 Å². The molecule has 1 aromatic rings. The number of carbonyl (C=O) groups is 1. The first-order valence-corrected chi connectivity index (χ1v) is 8.24. The van der Waals surface area contributed by atoms with Gasteiger partial charge in [-0.15, -0.1) is 0 Å². The van der Waals surface area contributed by atoms with Gasteiger partial charge < -0.3 is 5.32 Å². The van der Waals surface area contributed by atoms with Crippen LogP contribution in [0.1, 0.15) is 74.9 Å². The number of nitrogens with one attached hydrogen (secondary N) is 1. The van der Waals surface area contributed by atoms with Crippen LogP contribution in [0.4, 0.5) is 0 Å². The van der Waals surface area contributed by atoms with Gasteiger partial charge in [-0.3, -0.25) is 4.79 Å². The minimum absolute atomic E-state index is 0.0303. The van der Waals surface area contributed by atoms with E-state index in [9.17, 15) is 4.79 Å². The van der Waals surface area contributed by atoms with Crippen molar-refractivity contribution in [1.82, 2.24) is 5.32 Å². The topological polar surface area (TPSA) is 29.1 Å². The number of hydrogen-bond donors (Lipinski definition) is 1. The second-order valence-corrected chi connectivity index (χ2v) is 8.04. The molecule has 2 aliphatic rings. The van der Waals surface area contributed by atoms with E-state index in [0.29, 0.717) is 0 Å². The van der Waals surface area contributed by atoms with Crippen LogP contribution >= 0.6 is 0 Å². The van der Waals surface area contributed by atoms with E-state index in [4.69, 9.17) is 0 Å². The Kier molecular flexibility index (Phi) is 3.48. The second kappa shape index (κ2) is 4.95. The van der Waals surface area contributed by atoms with E-state index in [1.165, 1.54) is 24.0 Å². The van der Waals surface area contributed by atoms with Gasteiger partial charge in [-0.2, -0.15) is 0 Å². The standard InChI is InChI=1S/C19H27NO/c1-18(2)9-10-19(3,4)15-12-13(7-8-14(15)18)17(21)16-6-5-11-20-16/h7-8,12,16,20H,5-6,9-11H2,1-4H3. The minimum atomic E-state index is 0.0303. The van der Waals surface area contributed by atoms with E-state index < -0.39 is 0 Å². The molecule has 1 aliphatic heterocycles. The summed E-state index contributed by atoms with van der Waals surface area (Å²) >= 11 is 0. The van der Waals surface area contributed by atoms with Crippen molar-refractivity contribution in [1.29, 1.82) is 0 Å².